The summed E-state index contributed by atoms with van der Waals surface area (Å²) in [6.07, 6.45) is 1.28. The number of esters is 1. The van der Waals surface area contributed by atoms with Crippen molar-refractivity contribution in [3.8, 4) is 11.5 Å². The first-order valence-corrected chi connectivity index (χ1v) is 8.76. The normalized spacial score (nSPS) is 20.7. The summed E-state index contributed by atoms with van der Waals surface area (Å²) < 4.78 is 21.3. The lowest BCUT2D eigenvalue weighted by molar-refractivity contribution is -0.142. The van der Waals surface area contributed by atoms with E-state index in [1.165, 1.54) is 7.11 Å². The lowest BCUT2D eigenvalue weighted by atomic mass is 10.1. The summed E-state index contributed by atoms with van der Waals surface area (Å²) in [6, 6.07) is 3.26. The van der Waals surface area contributed by atoms with Gasteiger partial charge in [0.1, 0.15) is 30.3 Å². The van der Waals surface area contributed by atoms with Crippen LogP contribution in [0.1, 0.15) is 17.5 Å². The summed E-state index contributed by atoms with van der Waals surface area (Å²) in [7, 11) is 2.93. The molecule has 1 aromatic carbocycles. The van der Waals surface area contributed by atoms with E-state index >= 15 is 0 Å². The lowest BCUT2D eigenvalue weighted by Gasteiger charge is -2.18. The van der Waals surface area contributed by atoms with E-state index in [9.17, 15) is 9.59 Å². The molecule has 2 atom stereocenters. The minimum absolute atomic E-state index is 0.349. The van der Waals surface area contributed by atoms with Crippen LogP contribution < -0.4 is 14.8 Å². The highest BCUT2D eigenvalue weighted by Gasteiger charge is 2.35. The standard InChI is InChI=1S/C19H24N2O6/c1-4-5-26-17-8-13(24-2)6-12-10-21(11-15(12)17)19(23)27-14-7-16(20-9-14)18(22)25-3/h4,6,8,14,16,20H,1,5,7,9-11H2,2-3H3/t14-,16+/m1/s1. The van der Waals surface area contributed by atoms with E-state index in [-0.39, 0.29) is 12.1 Å². The molecule has 1 saturated heterocycles. The highest BCUT2D eigenvalue weighted by Crippen LogP contribution is 2.35. The molecular formula is C19H24N2O6. The van der Waals surface area contributed by atoms with Crippen LogP contribution in [0.15, 0.2) is 24.8 Å². The Bertz CT molecular complexity index is 735. The van der Waals surface area contributed by atoms with Crippen LogP contribution in [-0.4, -0.2) is 56.5 Å². The Morgan fingerprint density at radius 2 is 2.15 bits per heavy atom. The van der Waals surface area contributed by atoms with E-state index in [1.54, 1.807) is 24.2 Å². The van der Waals surface area contributed by atoms with Crippen LogP contribution in [0.25, 0.3) is 0 Å². The van der Waals surface area contributed by atoms with Crippen molar-refractivity contribution in [2.45, 2.75) is 31.7 Å². The van der Waals surface area contributed by atoms with Crippen LogP contribution in [0.4, 0.5) is 4.79 Å². The fourth-order valence-corrected chi connectivity index (χ4v) is 3.30. The molecule has 8 heteroatoms. The molecule has 0 spiro atoms. The third-order valence-corrected chi connectivity index (χ3v) is 4.68. The summed E-state index contributed by atoms with van der Waals surface area (Å²) in [5.74, 6) is 0.995. The largest absolute Gasteiger partial charge is 0.497 e. The van der Waals surface area contributed by atoms with Gasteiger partial charge in [-0.2, -0.15) is 0 Å². The first-order chi connectivity index (χ1) is 13.0. The summed E-state index contributed by atoms with van der Waals surface area (Å²) in [4.78, 5) is 25.7. The summed E-state index contributed by atoms with van der Waals surface area (Å²) >= 11 is 0. The molecule has 146 valence electrons. The molecule has 0 radical (unpaired) electrons. The molecule has 0 aliphatic carbocycles. The Morgan fingerprint density at radius 3 is 2.85 bits per heavy atom. The second kappa shape index (κ2) is 8.30. The maximum atomic E-state index is 12.6. The van der Waals surface area contributed by atoms with Gasteiger partial charge in [0.25, 0.3) is 0 Å². The smallest absolute Gasteiger partial charge is 0.410 e. The van der Waals surface area contributed by atoms with Gasteiger partial charge in [0.15, 0.2) is 0 Å². The maximum Gasteiger partial charge on any atom is 0.410 e. The summed E-state index contributed by atoms with van der Waals surface area (Å²) in [5.41, 5.74) is 1.90. The van der Waals surface area contributed by atoms with E-state index in [2.05, 4.69) is 11.9 Å². The van der Waals surface area contributed by atoms with E-state index < -0.39 is 12.1 Å². The molecule has 3 rings (SSSR count). The average molecular weight is 376 g/mol. The molecule has 0 unspecified atom stereocenters. The van der Waals surface area contributed by atoms with Gasteiger partial charge in [0.2, 0.25) is 0 Å². The Balaban J connectivity index is 1.64. The van der Waals surface area contributed by atoms with Crippen LogP contribution in [0.3, 0.4) is 0 Å². The molecule has 1 aromatic rings. The van der Waals surface area contributed by atoms with Gasteiger partial charge in [-0.3, -0.25) is 9.69 Å². The number of amides is 1. The zero-order valence-corrected chi connectivity index (χ0v) is 15.5. The molecule has 1 N–H and O–H groups in total. The Labute approximate surface area is 158 Å². The van der Waals surface area contributed by atoms with Crippen LogP contribution >= 0.6 is 0 Å². The van der Waals surface area contributed by atoms with Crippen molar-refractivity contribution in [1.29, 1.82) is 0 Å². The second-order valence-electron chi connectivity index (χ2n) is 6.44. The minimum atomic E-state index is -0.438. The van der Waals surface area contributed by atoms with Crippen molar-refractivity contribution in [2.24, 2.45) is 0 Å². The number of benzene rings is 1. The molecular weight excluding hydrogens is 352 g/mol. The highest BCUT2D eigenvalue weighted by atomic mass is 16.6. The van der Waals surface area contributed by atoms with Gasteiger partial charge in [-0.05, 0) is 11.6 Å². The summed E-state index contributed by atoms with van der Waals surface area (Å²) in [5, 5.41) is 3.00. The van der Waals surface area contributed by atoms with Gasteiger partial charge in [-0.1, -0.05) is 12.7 Å². The predicted molar refractivity (Wildman–Crippen MR) is 96.6 cm³/mol. The number of methoxy groups -OCH3 is 2. The molecule has 1 fully saturated rings. The number of hydrogen-bond donors (Lipinski definition) is 1. The third kappa shape index (κ3) is 4.16. The number of ether oxygens (including phenoxy) is 4. The third-order valence-electron chi connectivity index (χ3n) is 4.68. The van der Waals surface area contributed by atoms with Gasteiger partial charge in [-0.25, -0.2) is 4.79 Å². The number of fused-ring (bicyclic) bond motifs is 1. The molecule has 0 aromatic heterocycles. The molecule has 2 aliphatic rings. The molecule has 1 amide bonds. The average Bonchev–Trinajstić information content (AvgIpc) is 3.32. The van der Waals surface area contributed by atoms with Gasteiger partial charge in [0, 0.05) is 31.1 Å². The van der Waals surface area contributed by atoms with Crippen LogP contribution in [0.5, 0.6) is 11.5 Å². The Kier molecular flexibility index (Phi) is 5.85. The Morgan fingerprint density at radius 1 is 1.33 bits per heavy atom. The molecule has 0 bridgehead atoms. The summed E-state index contributed by atoms with van der Waals surface area (Å²) in [6.45, 7) is 5.26. The van der Waals surface area contributed by atoms with Crippen LogP contribution in [-0.2, 0) is 27.4 Å². The first-order valence-electron chi connectivity index (χ1n) is 8.76. The fourth-order valence-electron chi connectivity index (χ4n) is 3.30. The predicted octanol–water partition coefficient (Wildman–Crippen LogP) is 1.62. The SMILES string of the molecule is C=CCOc1cc(OC)cc2c1CN(C(=O)O[C@H]1CN[C@H](C(=O)OC)C1)C2. The van der Waals surface area contributed by atoms with E-state index in [0.717, 1.165) is 11.1 Å². The van der Waals surface area contributed by atoms with Crippen molar-refractivity contribution < 1.29 is 28.5 Å². The van der Waals surface area contributed by atoms with Crippen LogP contribution in [0.2, 0.25) is 0 Å². The van der Waals surface area contributed by atoms with Crippen molar-refractivity contribution >= 4 is 12.1 Å². The van der Waals surface area contributed by atoms with E-state index in [1.807, 2.05) is 6.07 Å². The van der Waals surface area contributed by atoms with Gasteiger partial charge in [0.05, 0.1) is 20.8 Å². The number of carbonyl (C=O) groups is 2. The topological polar surface area (TPSA) is 86.3 Å². The van der Waals surface area contributed by atoms with Gasteiger partial charge < -0.3 is 24.3 Å². The number of nitrogens with zero attached hydrogens (tertiary/aromatic N) is 1. The first kappa shape index (κ1) is 19.0. The highest BCUT2D eigenvalue weighted by molar-refractivity contribution is 5.76. The lowest BCUT2D eigenvalue weighted by Crippen LogP contribution is -2.31. The van der Waals surface area contributed by atoms with Crippen molar-refractivity contribution in [3.05, 3.63) is 35.9 Å². The zero-order chi connectivity index (χ0) is 19.4. The van der Waals surface area contributed by atoms with E-state index in [4.69, 9.17) is 18.9 Å². The van der Waals surface area contributed by atoms with Gasteiger partial charge >= 0.3 is 12.1 Å². The van der Waals surface area contributed by atoms with Crippen molar-refractivity contribution in [2.75, 3.05) is 27.4 Å². The maximum absolute atomic E-state index is 12.6. The molecule has 0 saturated carbocycles. The number of nitrogens with one attached hydrogen (secondary N) is 1. The van der Waals surface area contributed by atoms with Crippen molar-refractivity contribution in [3.63, 3.8) is 0 Å². The second-order valence-corrected chi connectivity index (χ2v) is 6.44. The monoisotopic (exact) mass is 376 g/mol. The Hall–Kier alpha value is -2.74. The minimum Gasteiger partial charge on any atom is -0.497 e. The fraction of sp³-hybridized carbons (Fsp3) is 0.474. The number of hydrogen-bond acceptors (Lipinski definition) is 7. The van der Waals surface area contributed by atoms with Crippen molar-refractivity contribution in [1.82, 2.24) is 10.2 Å². The molecule has 27 heavy (non-hydrogen) atoms. The quantitative estimate of drug-likeness (QED) is 0.596. The number of rotatable bonds is 6. The molecule has 2 heterocycles. The molecule has 2 aliphatic heterocycles. The number of carbonyl (C=O) groups excluding carboxylic acids is 2. The zero-order valence-electron chi connectivity index (χ0n) is 15.5. The van der Waals surface area contributed by atoms with Gasteiger partial charge in [-0.15, -0.1) is 0 Å². The van der Waals surface area contributed by atoms with Crippen LogP contribution in [0, 0.1) is 0 Å². The van der Waals surface area contributed by atoms with E-state index in [0.29, 0.717) is 44.2 Å². The molecule has 8 nitrogen and oxygen atoms in total.